The summed E-state index contributed by atoms with van der Waals surface area (Å²) in [6, 6.07) is 22.1. The molecule has 128 valence electrons. The van der Waals surface area contributed by atoms with E-state index in [0.717, 1.165) is 28.2 Å². The van der Waals surface area contributed by atoms with Gasteiger partial charge >= 0.3 is 0 Å². The number of hydrogen-bond donors (Lipinski definition) is 2. The highest BCUT2D eigenvalue weighted by Crippen LogP contribution is 2.18. The van der Waals surface area contributed by atoms with Crippen molar-refractivity contribution in [1.29, 1.82) is 0 Å². The van der Waals surface area contributed by atoms with Crippen LogP contribution in [0.3, 0.4) is 0 Å². The summed E-state index contributed by atoms with van der Waals surface area (Å²) in [6.45, 7) is 0.954. The minimum absolute atomic E-state index is 0.0336. The fourth-order valence-corrected chi connectivity index (χ4v) is 2.30. The number of aliphatic hydroxyl groups is 1. The van der Waals surface area contributed by atoms with E-state index in [9.17, 15) is 5.11 Å². The molecule has 0 amide bonds. The number of rotatable bonds is 7. The van der Waals surface area contributed by atoms with E-state index in [-0.39, 0.29) is 12.4 Å². The van der Waals surface area contributed by atoms with Gasteiger partial charge in [0.1, 0.15) is 30.5 Å². The Morgan fingerprint density at radius 1 is 0.560 bits per heavy atom. The second-order valence-electron chi connectivity index (χ2n) is 5.69. The second-order valence-corrected chi connectivity index (χ2v) is 5.69. The molecule has 0 aliphatic heterocycles. The molecule has 3 aromatic carbocycles. The standard InChI is InChI=1S/C21H20O4/c22-13-16-3-9-20(10-4-16)25-15-18-5-11-21(12-6-18)24-14-17-1-7-19(23)8-2-17/h1-12,22-23H,13-15H2. The predicted molar refractivity (Wildman–Crippen MR) is 95.6 cm³/mol. The van der Waals surface area contributed by atoms with Crippen LogP contribution in [0.15, 0.2) is 72.8 Å². The van der Waals surface area contributed by atoms with Crippen LogP contribution >= 0.6 is 0 Å². The first-order valence-corrected chi connectivity index (χ1v) is 8.05. The summed E-state index contributed by atoms with van der Waals surface area (Å²) in [5.74, 6) is 1.80. The van der Waals surface area contributed by atoms with E-state index in [0.29, 0.717) is 13.2 Å². The monoisotopic (exact) mass is 336 g/mol. The third kappa shape index (κ3) is 4.99. The largest absolute Gasteiger partial charge is 0.508 e. The van der Waals surface area contributed by atoms with E-state index in [1.165, 1.54) is 0 Å². The first kappa shape index (κ1) is 16.9. The Morgan fingerprint density at radius 2 is 0.960 bits per heavy atom. The highest BCUT2D eigenvalue weighted by atomic mass is 16.5. The number of phenolic OH excluding ortho intramolecular Hbond substituents is 1. The quantitative estimate of drug-likeness (QED) is 0.683. The molecule has 0 unspecified atom stereocenters. The van der Waals surface area contributed by atoms with Gasteiger partial charge in [0.15, 0.2) is 0 Å². The van der Waals surface area contributed by atoms with Crippen molar-refractivity contribution in [1.82, 2.24) is 0 Å². The van der Waals surface area contributed by atoms with E-state index in [2.05, 4.69) is 0 Å². The predicted octanol–water partition coefficient (Wildman–Crippen LogP) is 4.04. The molecule has 2 N–H and O–H groups in total. The van der Waals surface area contributed by atoms with E-state index < -0.39 is 0 Å². The van der Waals surface area contributed by atoms with Crippen LogP contribution in [0, 0.1) is 0 Å². The molecule has 0 bridgehead atoms. The molecule has 0 fully saturated rings. The molecule has 0 aromatic heterocycles. The highest BCUT2D eigenvalue weighted by Gasteiger charge is 2.00. The van der Waals surface area contributed by atoms with E-state index in [1.54, 1.807) is 12.1 Å². The molecule has 0 aliphatic rings. The number of ether oxygens (including phenoxy) is 2. The van der Waals surface area contributed by atoms with Gasteiger partial charge in [-0.25, -0.2) is 0 Å². The van der Waals surface area contributed by atoms with E-state index >= 15 is 0 Å². The molecule has 25 heavy (non-hydrogen) atoms. The number of aromatic hydroxyl groups is 1. The maximum absolute atomic E-state index is 9.27. The Balaban J connectivity index is 1.50. The van der Waals surface area contributed by atoms with Crippen molar-refractivity contribution in [2.75, 3.05) is 0 Å². The fraction of sp³-hybridized carbons (Fsp3) is 0.143. The first-order valence-electron chi connectivity index (χ1n) is 8.05. The minimum Gasteiger partial charge on any atom is -0.508 e. The third-order valence-corrected chi connectivity index (χ3v) is 3.78. The second kappa shape index (κ2) is 8.22. The summed E-state index contributed by atoms with van der Waals surface area (Å²) < 4.78 is 11.5. The molecular formula is C21H20O4. The molecule has 0 spiro atoms. The SMILES string of the molecule is OCc1ccc(OCc2ccc(OCc3ccc(O)cc3)cc2)cc1. The third-order valence-electron chi connectivity index (χ3n) is 3.78. The van der Waals surface area contributed by atoms with Gasteiger partial charge in [0.2, 0.25) is 0 Å². The molecular weight excluding hydrogens is 316 g/mol. The van der Waals surface area contributed by atoms with Crippen molar-refractivity contribution in [2.45, 2.75) is 19.8 Å². The van der Waals surface area contributed by atoms with Crippen LogP contribution in [0.4, 0.5) is 0 Å². The summed E-state index contributed by atoms with van der Waals surface area (Å²) in [4.78, 5) is 0. The average Bonchev–Trinajstić information content (AvgIpc) is 2.67. The van der Waals surface area contributed by atoms with Gasteiger partial charge in [-0.1, -0.05) is 36.4 Å². The maximum atomic E-state index is 9.27. The Kier molecular flexibility index (Phi) is 5.54. The smallest absolute Gasteiger partial charge is 0.119 e. The van der Waals surface area contributed by atoms with E-state index in [1.807, 2.05) is 60.7 Å². The van der Waals surface area contributed by atoms with Gasteiger partial charge < -0.3 is 19.7 Å². The van der Waals surface area contributed by atoms with Gasteiger partial charge in [-0.05, 0) is 53.1 Å². The van der Waals surface area contributed by atoms with Crippen molar-refractivity contribution in [3.05, 3.63) is 89.5 Å². The summed E-state index contributed by atoms with van der Waals surface area (Å²) in [5, 5.41) is 18.3. The van der Waals surface area contributed by atoms with Crippen molar-refractivity contribution < 1.29 is 19.7 Å². The molecule has 3 rings (SSSR count). The molecule has 4 nitrogen and oxygen atoms in total. The van der Waals surface area contributed by atoms with Crippen LogP contribution in [-0.2, 0) is 19.8 Å². The summed E-state index contributed by atoms with van der Waals surface area (Å²) in [7, 11) is 0. The van der Waals surface area contributed by atoms with Crippen LogP contribution in [0.5, 0.6) is 17.2 Å². The number of aliphatic hydroxyl groups excluding tert-OH is 1. The van der Waals surface area contributed by atoms with Gasteiger partial charge in [0, 0.05) is 0 Å². The lowest BCUT2D eigenvalue weighted by molar-refractivity contribution is 0.280. The fourth-order valence-electron chi connectivity index (χ4n) is 2.30. The van der Waals surface area contributed by atoms with Gasteiger partial charge in [0.05, 0.1) is 6.61 Å². The lowest BCUT2D eigenvalue weighted by Crippen LogP contribution is -1.97. The molecule has 4 heteroatoms. The van der Waals surface area contributed by atoms with Gasteiger partial charge in [-0.3, -0.25) is 0 Å². The first-order chi connectivity index (χ1) is 12.2. The molecule has 0 radical (unpaired) electrons. The molecule has 0 aliphatic carbocycles. The van der Waals surface area contributed by atoms with Gasteiger partial charge in [0.25, 0.3) is 0 Å². The lowest BCUT2D eigenvalue weighted by Gasteiger charge is -2.09. The molecule has 0 saturated carbocycles. The van der Waals surface area contributed by atoms with Crippen LogP contribution in [0.1, 0.15) is 16.7 Å². The Bertz CT molecular complexity index is 778. The summed E-state index contributed by atoms with van der Waals surface area (Å²) in [6.07, 6.45) is 0. The zero-order chi connectivity index (χ0) is 17.5. The van der Waals surface area contributed by atoms with Crippen LogP contribution < -0.4 is 9.47 Å². The van der Waals surface area contributed by atoms with Crippen molar-refractivity contribution in [2.24, 2.45) is 0 Å². The summed E-state index contributed by atoms with van der Waals surface area (Å²) in [5.41, 5.74) is 2.90. The normalized spacial score (nSPS) is 10.4. The van der Waals surface area contributed by atoms with Gasteiger partial charge in [-0.2, -0.15) is 0 Å². The van der Waals surface area contributed by atoms with Crippen molar-refractivity contribution >= 4 is 0 Å². The highest BCUT2D eigenvalue weighted by molar-refractivity contribution is 5.30. The zero-order valence-corrected chi connectivity index (χ0v) is 13.8. The topological polar surface area (TPSA) is 58.9 Å². The molecule has 0 saturated heterocycles. The summed E-state index contributed by atoms with van der Waals surface area (Å²) >= 11 is 0. The average molecular weight is 336 g/mol. The van der Waals surface area contributed by atoms with Gasteiger partial charge in [-0.15, -0.1) is 0 Å². The van der Waals surface area contributed by atoms with Crippen molar-refractivity contribution in [3.8, 4) is 17.2 Å². The zero-order valence-electron chi connectivity index (χ0n) is 13.8. The Hall–Kier alpha value is -2.98. The maximum Gasteiger partial charge on any atom is 0.119 e. The Morgan fingerprint density at radius 3 is 1.40 bits per heavy atom. The number of benzene rings is 3. The van der Waals surface area contributed by atoms with Crippen LogP contribution in [0.2, 0.25) is 0 Å². The Labute approximate surface area is 146 Å². The van der Waals surface area contributed by atoms with Crippen LogP contribution in [0.25, 0.3) is 0 Å². The molecule has 0 heterocycles. The number of phenols is 1. The molecule has 3 aromatic rings. The minimum atomic E-state index is 0.0336. The van der Waals surface area contributed by atoms with Crippen LogP contribution in [-0.4, -0.2) is 10.2 Å². The lowest BCUT2D eigenvalue weighted by atomic mass is 10.2. The van der Waals surface area contributed by atoms with Crippen molar-refractivity contribution in [3.63, 3.8) is 0 Å². The number of hydrogen-bond acceptors (Lipinski definition) is 4. The molecule has 0 atom stereocenters. The van der Waals surface area contributed by atoms with E-state index in [4.69, 9.17) is 14.6 Å².